The number of carbonyl (C=O) groups excluding carboxylic acids is 1. The number of fused-ring (bicyclic) bond motifs is 1. The second-order valence-electron chi connectivity index (χ2n) is 7.71. The van der Waals surface area contributed by atoms with E-state index in [1.54, 1.807) is 24.9 Å². The van der Waals surface area contributed by atoms with Gasteiger partial charge in [-0.2, -0.15) is 0 Å². The molecule has 2 aromatic heterocycles. The molecule has 0 bridgehead atoms. The number of H-pyrrole nitrogens is 1. The first-order valence-corrected chi connectivity index (χ1v) is 8.85. The Hall–Kier alpha value is -2.90. The highest BCUT2D eigenvalue weighted by atomic mass is 16.6. The van der Waals surface area contributed by atoms with Crippen LogP contribution in [0.5, 0.6) is 0 Å². The molecule has 1 amide bonds. The van der Waals surface area contributed by atoms with Crippen molar-refractivity contribution in [3.63, 3.8) is 0 Å². The summed E-state index contributed by atoms with van der Waals surface area (Å²) in [4.78, 5) is 45.5. The van der Waals surface area contributed by atoms with E-state index < -0.39 is 5.60 Å². The number of rotatable bonds is 1. The fraction of sp³-hybridized carbons (Fsp3) is 0.474. The number of hydrogen-bond acceptors (Lipinski definition) is 5. The van der Waals surface area contributed by atoms with E-state index in [-0.39, 0.29) is 28.1 Å². The highest BCUT2D eigenvalue weighted by molar-refractivity contribution is 5.81. The molecule has 0 aliphatic carbocycles. The van der Waals surface area contributed by atoms with Gasteiger partial charge in [-0.15, -0.1) is 0 Å². The predicted molar refractivity (Wildman–Crippen MR) is 103 cm³/mol. The molecule has 0 fully saturated rings. The number of nitrogens with one attached hydrogen (secondary N) is 1. The number of amides is 1. The molecule has 8 nitrogen and oxygen atoms in total. The van der Waals surface area contributed by atoms with Crippen molar-refractivity contribution in [1.29, 1.82) is 0 Å². The molecule has 0 saturated carbocycles. The van der Waals surface area contributed by atoms with Crippen LogP contribution in [0.2, 0.25) is 0 Å². The van der Waals surface area contributed by atoms with E-state index in [2.05, 4.69) is 9.97 Å². The second-order valence-corrected chi connectivity index (χ2v) is 7.71. The Kier molecular flexibility index (Phi) is 4.67. The van der Waals surface area contributed by atoms with Crippen molar-refractivity contribution >= 4 is 22.6 Å². The molecule has 1 aliphatic rings. The number of nitrogens with zero attached hydrogens (tertiary/aromatic N) is 3. The van der Waals surface area contributed by atoms with Crippen LogP contribution in [0.4, 0.5) is 4.79 Å². The summed E-state index contributed by atoms with van der Waals surface area (Å²) in [5.41, 5.74) is 0.545. The Morgan fingerprint density at radius 1 is 1.30 bits per heavy atom. The first kappa shape index (κ1) is 18.9. The SMILES string of the molecule is Cc1nc2c(=O)n(C)c(C3=CCN(C(=O)OC(C)(C)C)CC3)cc2c(=O)[nH]1. The lowest BCUT2D eigenvalue weighted by molar-refractivity contribution is 0.0270. The summed E-state index contributed by atoms with van der Waals surface area (Å²) >= 11 is 0. The van der Waals surface area contributed by atoms with Crippen molar-refractivity contribution in [1.82, 2.24) is 19.4 Å². The van der Waals surface area contributed by atoms with Crippen LogP contribution < -0.4 is 11.1 Å². The van der Waals surface area contributed by atoms with E-state index in [1.807, 2.05) is 26.8 Å². The lowest BCUT2D eigenvalue weighted by atomic mass is 10.0. The molecule has 0 saturated heterocycles. The molecular weight excluding hydrogens is 348 g/mol. The maximum Gasteiger partial charge on any atom is 0.410 e. The third kappa shape index (κ3) is 3.79. The van der Waals surface area contributed by atoms with Crippen molar-refractivity contribution in [2.45, 2.75) is 39.7 Å². The molecule has 1 N–H and O–H groups in total. The maximum absolute atomic E-state index is 12.7. The van der Waals surface area contributed by atoms with Crippen molar-refractivity contribution in [2.75, 3.05) is 13.1 Å². The Labute approximate surface area is 156 Å². The summed E-state index contributed by atoms with van der Waals surface area (Å²) in [6.07, 6.45) is 2.10. The minimum Gasteiger partial charge on any atom is -0.444 e. The molecule has 0 radical (unpaired) electrons. The number of hydrogen-bond donors (Lipinski definition) is 1. The fourth-order valence-electron chi connectivity index (χ4n) is 3.10. The summed E-state index contributed by atoms with van der Waals surface area (Å²) in [6.45, 7) is 7.99. The minimum atomic E-state index is -0.546. The van der Waals surface area contributed by atoms with Crippen LogP contribution in [0.15, 0.2) is 21.7 Å². The molecule has 1 aliphatic heterocycles. The molecular formula is C19H24N4O4. The third-order valence-corrected chi connectivity index (χ3v) is 4.41. The van der Waals surface area contributed by atoms with Crippen molar-refractivity contribution < 1.29 is 9.53 Å². The number of carbonyl (C=O) groups is 1. The molecule has 0 unspecified atom stereocenters. The van der Waals surface area contributed by atoms with Gasteiger partial charge in [-0.1, -0.05) is 6.08 Å². The Bertz CT molecular complexity index is 1060. The van der Waals surface area contributed by atoms with Crippen LogP contribution in [0.1, 0.15) is 38.7 Å². The van der Waals surface area contributed by atoms with E-state index in [9.17, 15) is 14.4 Å². The van der Waals surface area contributed by atoms with E-state index in [1.165, 1.54) is 4.57 Å². The standard InChI is InChI=1S/C19H24N4O4/c1-11-20-15-13(16(24)21-11)10-14(22(5)17(15)25)12-6-8-23(9-7-12)18(26)27-19(2,3)4/h6,10H,7-9H2,1-5H3,(H,20,21,24). The van der Waals surface area contributed by atoms with Gasteiger partial charge in [-0.05, 0) is 45.8 Å². The molecule has 0 aromatic carbocycles. The van der Waals surface area contributed by atoms with E-state index in [0.717, 1.165) is 5.57 Å². The Morgan fingerprint density at radius 3 is 2.59 bits per heavy atom. The summed E-state index contributed by atoms with van der Waals surface area (Å²) in [5, 5.41) is 0.272. The lowest BCUT2D eigenvalue weighted by Crippen LogP contribution is -2.39. The smallest absolute Gasteiger partial charge is 0.410 e. The van der Waals surface area contributed by atoms with Gasteiger partial charge < -0.3 is 19.2 Å². The van der Waals surface area contributed by atoms with Gasteiger partial charge in [0.15, 0.2) is 0 Å². The third-order valence-electron chi connectivity index (χ3n) is 4.41. The quantitative estimate of drug-likeness (QED) is 0.825. The zero-order valence-corrected chi connectivity index (χ0v) is 16.3. The topological polar surface area (TPSA) is 97.3 Å². The van der Waals surface area contributed by atoms with Crippen LogP contribution >= 0.6 is 0 Å². The fourth-order valence-corrected chi connectivity index (χ4v) is 3.10. The Balaban J connectivity index is 1.95. The van der Waals surface area contributed by atoms with Gasteiger partial charge in [-0.25, -0.2) is 9.78 Å². The Morgan fingerprint density at radius 2 is 2.00 bits per heavy atom. The van der Waals surface area contributed by atoms with Crippen molar-refractivity contribution in [2.24, 2.45) is 7.05 Å². The van der Waals surface area contributed by atoms with Crippen LogP contribution in [0.3, 0.4) is 0 Å². The molecule has 3 rings (SSSR count). The first-order chi connectivity index (χ1) is 12.6. The predicted octanol–water partition coefficient (Wildman–Crippen LogP) is 1.95. The molecule has 8 heteroatoms. The van der Waals surface area contributed by atoms with Crippen LogP contribution in [0.25, 0.3) is 16.5 Å². The van der Waals surface area contributed by atoms with Crippen LogP contribution in [-0.4, -0.2) is 44.2 Å². The van der Waals surface area contributed by atoms with Gasteiger partial charge in [0.25, 0.3) is 11.1 Å². The van der Waals surface area contributed by atoms with E-state index >= 15 is 0 Å². The van der Waals surface area contributed by atoms with Crippen LogP contribution in [-0.2, 0) is 11.8 Å². The van der Waals surface area contributed by atoms with Gasteiger partial charge in [0.1, 0.15) is 16.9 Å². The molecule has 144 valence electrons. The average molecular weight is 372 g/mol. The maximum atomic E-state index is 12.7. The first-order valence-electron chi connectivity index (χ1n) is 8.85. The average Bonchev–Trinajstić information content (AvgIpc) is 2.57. The van der Waals surface area contributed by atoms with E-state index in [0.29, 0.717) is 31.0 Å². The molecule has 2 aromatic rings. The molecule has 0 spiro atoms. The van der Waals surface area contributed by atoms with E-state index in [4.69, 9.17) is 4.74 Å². The van der Waals surface area contributed by atoms with Gasteiger partial charge in [0.05, 0.1) is 5.39 Å². The van der Waals surface area contributed by atoms with Crippen molar-refractivity contribution in [3.05, 3.63) is 44.4 Å². The lowest BCUT2D eigenvalue weighted by Gasteiger charge is -2.30. The van der Waals surface area contributed by atoms with Gasteiger partial charge in [0.2, 0.25) is 0 Å². The zero-order valence-electron chi connectivity index (χ0n) is 16.3. The zero-order chi connectivity index (χ0) is 19.9. The molecule has 3 heterocycles. The summed E-state index contributed by atoms with van der Waals surface area (Å²) in [7, 11) is 1.66. The molecule has 0 atom stereocenters. The number of aryl methyl sites for hydroxylation is 1. The van der Waals surface area contributed by atoms with Gasteiger partial charge in [0, 0.05) is 25.8 Å². The van der Waals surface area contributed by atoms with Gasteiger partial charge >= 0.3 is 6.09 Å². The summed E-state index contributed by atoms with van der Waals surface area (Å²) in [5.74, 6) is 0.405. The number of aromatic amines is 1. The minimum absolute atomic E-state index is 0.161. The van der Waals surface area contributed by atoms with Gasteiger partial charge in [-0.3, -0.25) is 9.59 Å². The number of pyridine rings is 1. The van der Waals surface area contributed by atoms with Crippen LogP contribution in [0, 0.1) is 6.92 Å². The highest BCUT2D eigenvalue weighted by Gasteiger charge is 2.25. The second kappa shape index (κ2) is 6.68. The van der Waals surface area contributed by atoms with Crippen molar-refractivity contribution in [3.8, 4) is 0 Å². The summed E-state index contributed by atoms with van der Waals surface area (Å²) < 4.78 is 6.90. The normalized spacial score (nSPS) is 15.0. The monoisotopic (exact) mass is 372 g/mol. The molecule has 27 heavy (non-hydrogen) atoms. The highest BCUT2D eigenvalue weighted by Crippen LogP contribution is 2.23. The summed E-state index contributed by atoms with van der Waals surface area (Å²) in [6, 6.07) is 1.69. The number of aromatic nitrogens is 3. The number of ether oxygens (including phenoxy) is 1. The largest absolute Gasteiger partial charge is 0.444 e.